The van der Waals surface area contributed by atoms with Gasteiger partial charge in [0.2, 0.25) is 0 Å². The van der Waals surface area contributed by atoms with E-state index in [4.69, 9.17) is 0 Å². The third-order valence-corrected chi connectivity index (χ3v) is 6.47. The van der Waals surface area contributed by atoms with E-state index in [0.29, 0.717) is 0 Å². The van der Waals surface area contributed by atoms with Crippen molar-refractivity contribution in [2.45, 2.75) is 99.3 Å². The van der Waals surface area contributed by atoms with Gasteiger partial charge in [-0.2, -0.15) is 0 Å². The largest absolute Gasteiger partial charge is 0.0613 e. The molecular weight excluding hydrogens is 324 g/mol. The smallest absolute Gasteiger partial charge is 0.0157 e. The Morgan fingerprint density at radius 3 is 1.04 bits per heavy atom. The molecule has 0 atom stereocenters. The van der Waals surface area contributed by atoms with Crippen molar-refractivity contribution in [2.24, 2.45) is 0 Å². The zero-order valence-corrected chi connectivity index (χ0v) is 19.1. The molecule has 0 aromatic heterocycles. The van der Waals surface area contributed by atoms with Crippen molar-refractivity contribution < 1.29 is 0 Å². The Kier molecular flexibility index (Phi) is 7.32. The van der Waals surface area contributed by atoms with Crippen LogP contribution in [0, 0.1) is 0 Å². The second-order valence-corrected chi connectivity index (χ2v) is 8.22. The third-order valence-electron chi connectivity index (χ3n) is 6.47. The highest BCUT2D eigenvalue weighted by Gasteiger charge is 2.32. The van der Waals surface area contributed by atoms with Gasteiger partial charge < -0.3 is 0 Å². The van der Waals surface area contributed by atoms with Gasteiger partial charge in [0.05, 0.1) is 0 Å². The quantitative estimate of drug-likeness (QED) is 0.458. The minimum atomic E-state index is 0.0315. The molecule has 148 valence electrons. The number of hydrogen-bond donors (Lipinski definition) is 0. The van der Waals surface area contributed by atoms with Crippen LogP contribution in [0.1, 0.15) is 99.9 Å². The van der Waals surface area contributed by atoms with Gasteiger partial charge in [0, 0.05) is 5.41 Å². The fourth-order valence-corrected chi connectivity index (χ4v) is 5.22. The first kappa shape index (κ1) is 21.7. The predicted octanol–water partition coefficient (Wildman–Crippen LogP) is 7.39. The Balaban J connectivity index is 2.92. The lowest BCUT2D eigenvalue weighted by molar-refractivity contribution is 0.605. The van der Waals surface area contributed by atoms with Gasteiger partial charge in [-0.1, -0.05) is 79.7 Å². The fraction of sp³-hybridized carbons (Fsp3) is 0.556. The fourth-order valence-electron chi connectivity index (χ4n) is 5.22. The molecule has 0 amide bonds. The zero-order valence-electron chi connectivity index (χ0n) is 19.1. The van der Waals surface area contributed by atoms with Gasteiger partial charge in [-0.25, -0.2) is 0 Å². The summed E-state index contributed by atoms with van der Waals surface area (Å²) >= 11 is 0. The Labute approximate surface area is 168 Å². The highest BCUT2D eigenvalue weighted by molar-refractivity contribution is 5.56. The highest BCUT2D eigenvalue weighted by Crippen LogP contribution is 2.42. The summed E-state index contributed by atoms with van der Waals surface area (Å²) < 4.78 is 0. The summed E-state index contributed by atoms with van der Waals surface area (Å²) in [5.41, 5.74) is 12.5. The molecule has 0 aliphatic rings. The van der Waals surface area contributed by atoms with E-state index in [-0.39, 0.29) is 5.41 Å². The molecule has 0 spiro atoms. The molecule has 0 aliphatic heterocycles. The molecule has 27 heavy (non-hydrogen) atoms. The normalized spacial score (nSPS) is 11.9. The van der Waals surface area contributed by atoms with Crippen molar-refractivity contribution in [3.05, 3.63) is 68.8 Å². The van der Waals surface area contributed by atoms with E-state index in [1.54, 1.807) is 22.3 Å². The first-order valence-corrected chi connectivity index (χ1v) is 11.2. The number of hydrogen-bond acceptors (Lipinski definition) is 0. The Bertz CT molecular complexity index is 712. The topological polar surface area (TPSA) is 0 Å². The molecule has 0 heteroatoms. The van der Waals surface area contributed by atoms with Gasteiger partial charge in [0.1, 0.15) is 0 Å². The number of rotatable bonds is 8. The van der Waals surface area contributed by atoms with Crippen molar-refractivity contribution >= 4 is 0 Å². The van der Waals surface area contributed by atoms with Crippen LogP contribution in [0.2, 0.25) is 0 Å². The van der Waals surface area contributed by atoms with Crippen LogP contribution in [0.15, 0.2) is 24.3 Å². The van der Waals surface area contributed by atoms with Gasteiger partial charge in [-0.05, 0) is 83.0 Å². The van der Waals surface area contributed by atoms with Crippen LogP contribution < -0.4 is 0 Å². The monoisotopic (exact) mass is 364 g/mol. The molecule has 0 radical (unpaired) electrons. The first-order valence-electron chi connectivity index (χ1n) is 11.2. The molecule has 0 aliphatic carbocycles. The molecule has 0 bridgehead atoms. The molecule has 0 heterocycles. The average molecular weight is 365 g/mol. The van der Waals surface area contributed by atoms with Crippen molar-refractivity contribution in [3.63, 3.8) is 0 Å². The van der Waals surface area contributed by atoms with E-state index < -0.39 is 0 Å². The molecule has 0 saturated carbocycles. The molecule has 0 nitrogen and oxygen atoms in total. The Morgan fingerprint density at radius 2 is 0.778 bits per heavy atom. The standard InChI is InChI=1S/C27H40/c1-9-19-15-17-21(11-3)25(23(19)13-5)27(7,8)26-22(12-4)18-16-20(10-2)24(26)14-6/h15-18H,9-14H2,1-8H3. The summed E-state index contributed by atoms with van der Waals surface area (Å²) in [4.78, 5) is 0. The van der Waals surface area contributed by atoms with Crippen molar-refractivity contribution in [2.75, 3.05) is 0 Å². The van der Waals surface area contributed by atoms with Gasteiger partial charge in [0.25, 0.3) is 0 Å². The summed E-state index contributed by atoms with van der Waals surface area (Å²) in [6.45, 7) is 18.8. The maximum absolute atomic E-state index is 2.48. The summed E-state index contributed by atoms with van der Waals surface area (Å²) in [6.07, 6.45) is 6.68. The van der Waals surface area contributed by atoms with Crippen LogP contribution in [-0.2, 0) is 43.9 Å². The van der Waals surface area contributed by atoms with Crippen LogP contribution in [0.3, 0.4) is 0 Å². The maximum atomic E-state index is 2.48. The number of aryl methyl sites for hydroxylation is 4. The molecule has 0 saturated heterocycles. The first-order chi connectivity index (χ1) is 12.9. The highest BCUT2D eigenvalue weighted by atomic mass is 14.4. The molecule has 0 N–H and O–H groups in total. The summed E-state index contributed by atoms with van der Waals surface area (Å²) in [7, 11) is 0. The van der Waals surface area contributed by atoms with Crippen LogP contribution in [0.4, 0.5) is 0 Å². The minimum absolute atomic E-state index is 0.0315. The molecule has 0 unspecified atom stereocenters. The van der Waals surface area contributed by atoms with E-state index in [9.17, 15) is 0 Å². The summed E-state index contributed by atoms with van der Waals surface area (Å²) in [5.74, 6) is 0. The van der Waals surface area contributed by atoms with Crippen LogP contribution in [0.5, 0.6) is 0 Å². The second-order valence-electron chi connectivity index (χ2n) is 8.22. The molecule has 2 rings (SSSR count). The summed E-state index contributed by atoms with van der Waals surface area (Å²) in [6, 6.07) is 9.55. The zero-order chi connectivity index (χ0) is 20.2. The van der Waals surface area contributed by atoms with E-state index in [1.165, 1.54) is 22.3 Å². The molecule has 2 aromatic carbocycles. The SMILES string of the molecule is CCc1ccc(CC)c(C(C)(C)c2c(CC)ccc(CC)c2CC)c1CC. The molecule has 0 fully saturated rings. The molecule has 2 aromatic rings. The summed E-state index contributed by atoms with van der Waals surface area (Å²) in [5, 5.41) is 0. The van der Waals surface area contributed by atoms with Crippen LogP contribution in [0.25, 0.3) is 0 Å². The number of benzene rings is 2. The van der Waals surface area contributed by atoms with Crippen LogP contribution in [-0.4, -0.2) is 0 Å². The second kappa shape index (κ2) is 9.09. The van der Waals surface area contributed by atoms with E-state index >= 15 is 0 Å². The Hall–Kier alpha value is -1.56. The molecular formula is C27H40. The lowest BCUT2D eigenvalue weighted by Gasteiger charge is -2.36. The predicted molar refractivity (Wildman–Crippen MR) is 121 cm³/mol. The lowest BCUT2D eigenvalue weighted by Crippen LogP contribution is -2.27. The van der Waals surface area contributed by atoms with Crippen molar-refractivity contribution in [3.8, 4) is 0 Å². The van der Waals surface area contributed by atoms with E-state index in [1.807, 2.05) is 0 Å². The third kappa shape index (κ3) is 3.86. The van der Waals surface area contributed by atoms with E-state index in [0.717, 1.165) is 38.5 Å². The van der Waals surface area contributed by atoms with Gasteiger partial charge >= 0.3 is 0 Å². The maximum Gasteiger partial charge on any atom is 0.0157 e. The van der Waals surface area contributed by atoms with Crippen molar-refractivity contribution in [1.82, 2.24) is 0 Å². The van der Waals surface area contributed by atoms with Crippen molar-refractivity contribution in [1.29, 1.82) is 0 Å². The lowest BCUT2D eigenvalue weighted by atomic mass is 9.68. The van der Waals surface area contributed by atoms with Gasteiger partial charge in [-0.15, -0.1) is 0 Å². The Morgan fingerprint density at radius 1 is 0.481 bits per heavy atom. The van der Waals surface area contributed by atoms with Gasteiger partial charge in [0.15, 0.2) is 0 Å². The average Bonchev–Trinajstić information content (AvgIpc) is 2.70. The van der Waals surface area contributed by atoms with Gasteiger partial charge in [-0.3, -0.25) is 0 Å². The minimum Gasteiger partial charge on any atom is -0.0613 e. The van der Waals surface area contributed by atoms with Crippen LogP contribution >= 0.6 is 0 Å². The van der Waals surface area contributed by atoms with E-state index in [2.05, 4.69) is 79.7 Å².